The lowest BCUT2D eigenvalue weighted by Crippen LogP contribution is -1.76. The third-order valence-corrected chi connectivity index (χ3v) is 3.25. The van der Waals surface area contributed by atoms with E-state index in [9.17, 15) is 0 Å². The van der Waals surface area contributed by atoms with Crippen LogP contribution in [0.25, 0.3) is 0 Å². The third-order valence-electron chi connectivity index (χ3n) is 3.25. The first kappa shape index (κ1) is 15.0. The van der Waals surface area contributed by atoms with Crippen molar-refractivity contribution in [3.05, 3.63) is 48.6 Å². The SMILES string of the molecule is C1=C/CCCCC/C=C/C=C/CCCCC/C=C/1. The van der Waals surface area contributed by atoms with E-state index in [4.69, 9.17) is 0 Å². The second-order valence-electron chi connectivity index (χ2n) is 4.99. The topological polar surface area (TPSA) is 0 Å². The van der Waals surface area contributed by atoms with Crippen LogP contribution in [0.3, 0.4) is 0 Å². The molecule has 0 saturated carbocycles. The zero-order valence-electron chi connectivity index (χ0n) is 11.7. The monoisotopic (exact) mass is 244 g/mol. The molecular formula is C18H28. The van der Waals surface area contributed by atoms with E-state index in [-0.39, 0.29) is 0 Å². The molecule has 0 heterocycles. The highest BCUT2D eigenvalue weighted by atomic mass is 13.9. The molecule has 0 N–H and O–H groups in total. The molecule has 1 rings (SSSR count). The van der Waals surface area contributed by atoms with Gasteiger partial charge in [-0.05, 0) is 51.4 Å². The smallest absolute Gasteiger partial charge is 0.0348 e. The van der Waals surface area contributed by atoms with Crippen LogP contribution >= 0.6 is 0 Å². The normalized spacial score (nSPS) is 27.6. The predicted molar refractivity (Wildman–Crippen MR) is 82.7 cm³/mol. The largest absolute Gasteiger partial charge is 0.0845 e. The Morgan fingerprint density at radius 3 is 0.889 bits per heavy atom. The van der Waals surface area contributed by atoms with Crippen molar-refractivity contribution >= 4 is 0 Å². The molecular weight excluding hydrogens is 216 g/mol. The van der Waals surface area contributed by atoms with Crippen LogP contribution in [0.4, 0.5) is 0 Å². The average Bonchev–Trinajstić information content (AvgIpc) is 2.39. The van der Waals surface area contributed by atoms with Crippen molar-refractivity contribution in [3.63, 3.8) is 0 Å². The van der Waals surface area contributed by atoms with Gasteiger partial charge < -0.3 is 0 Å². The molecule has 0 unspecified atom stereocenters. The molecule has 0 aliphatic heterocycles. The van der Waals surface area contributed by atoms with Gasteiger partial charge in [0.05, 0.1) is 0 Å². The van der Waals surface area contributed by atoms with Gasteiger partial charge >= 0.3 is 0 Å². The van der Waals surface area contributed by atoms with E-state index in [1.807, 2.05) is 0 Å². The van der Waals surface area contributed by atoms with E-state index in [0.29, 0.717) is 0 Å². The first-order chi connectivity index (χ1) is 9.00. The van der Waals surface area contributed by atoms with Gasteiger partial charge in [0.25, 0.3) is 0 Å². The molecule has 100 valence electrons. The molecule has 1 aliphatic rings. The molecule has 0 aromatic carbocycles. The maximum atomic E-state index is 2.30. The first-order valence-electron chi connectivity index (χ1n) is 7.63. The average molecular weight is 244 g/mol. The van der Waals surface area contributed by atoms with Crippen molar-refractivity contribution in [2.45, 2.75) is 64.2 Å². The lowest BCUT2D eigenvalue weighted by atomic mass is 10.1. The van der Waals surface area contributed by atoms with Crippen LogP contribution in [0.5, 0.6) is 0 Å². The van der Waals surface area contributed by atoms with Gasteiger partial charge in [0.1, 0.15) is 0 Å². The second kappa shape index (κ2) is 12.4. The van der Waals surface area contributed by atoms with Crippen molar-refractivity contribution in [3.8, 4) is 0 Å². The molecule has 0 heteroatoms. The Hall–Kier alpha value is -1.04. The minimum absolute atomic E-state index is 1.23. The summed E-state index contributed by atoms with van der Waals surface area (Å²) < 4.78 is 0. The number of hydrogen-bond acceptors (Lipinski definition) is 0. The van der Waals surface area contributed by atoms with Crippen LogP contribution < -0.4 is 0 Å². The molecule has 18 heavy (non-hydrogen) atoms. The van der Waals surface area contributed by atoms with Gasteiger partial charge in [0.15, 0.2) is 0 Å². The molecule has 0 aromatic rings. The van der Waals surface area contributed by atoms with E-state index in [2.05, 4.69) is 48.6 Å². The van der Waals surface area contributed by atoms with E-state index < -0.39 is 0 Å². The van der Waals surface area contributed by atoms with Crippen LogP contribution in [-0.4, -0.2) is 0 Å². The zero-order chi connectivity index (χ0) is 12.7. The van der Waals surface area contributed by atoms with Crippen LogP contribution in [0, 0.1) is 0 Å². The Morgan fingerprint density at radius 2 is 0.611 bits per heavy atom. The quantitative estimate of drug-likeness (QED) is 0.481. The molecule has 0 saturated heterocycles. The molecule has 0 aromatic heterocycles. The maximum Gasteiger partial charge on any atom is -0.0348 e. The highest BCUT2D eigenvalue weighted by molar-refractivity contribution is 5.03. The lowest BCUT2D eigenvalue weighted by molar-refractivity contribution is 0.694. The summed E-state index contributed by atoms with van der Waals surface area (Å²) in [5, 5.41) is 0. The molecule has 0 bridgehead atoms. The van der Waals surface area contributed by atoms with E-state index in [0.717, 1.165) is 0 Å². The minimum atomic E-state index is 1.23. The van der Waals surface area contributed by atoms with Crippen molar-refractivity contribution in [1.82, 2.24) is 0 Å². The van der Waals surface area contributed by atoms with Crippen molar-refractivity contribution in [1.29, 1.82) is 0 Å². The summed E-state index contributed by atoms with van der Waals surface area (Å²) in [6, 6.07) is 0. The third kappa shape index (κ3) is 10.1. The molecule has 0 atom stereocenters. The van der Waals surface area contributed by atoms with Gasteiger partial charge in [-0.2, -0.15) is 0 Å². The van der Waals surface area contributed by atoms with Crippen LogP contribution in [-0.2, 0) is 0 Å². The highest BCUT2D eigenvalue weighted by Crippen LogP contribution is 2.07. The minimum Gasteiger partial charge on any atom is -0.0845 e. The summed E-state index contributed by atoms with van der Waals surface area (Å²) in [4.78, 5) is 0. The first-order valence-corrected chi connectivity index (χ1v) is 7.63. The fourth-order valence-electron chi connectivity index (χ4n) is 2.10. The number of allylic oxidation sites excluding steroid dienone is 8. The fourth-order valence-corrected chi connectivity index (χ4v) is 2.10. The summed E-state index contributed by atoms with van der Waals surface area (Å²) in [7, 11) is 0. The molecule has 0 spiro atoms. The molecule has 1 aliphatic carbocycles. The van der Waals surface area contributed by atoms with Crippen LogP contribution in [0.15, 0.2) is 48.6 Å². The highest BCUT2D eigenvalue weighted by Gasteiger charge is 1.87. The summed E-state index contributed by atoms with van der Waals surface area (Å²) in [6.45, 7) is 0. The van der Waals surface area contributed by atoms with Crippen LogP contribution in [0.2, 0.25) is 0 Å². The van der Waals surface area contributed by atoms with E-state index in [1.54, 1.807) is 0 Å². The number of rotatable bonds is 0. The fraction of sp³-hybridized carbons (Fsp3) is 0.556. The van der Waals surface area contributed by atoms with E-state index >= 15 is 0 Å². The predicted octanol–water partition coefficient (Wildman–Crippen LogP) is 6.13. The Morgan fingerprint density at radius 1 is 0.333 bits per heavy atom. The summed E-state index contributed by atoms with van der Waals surface area (Å²) in [6.07, 6.45) is 31.0. The zero-order valence-corrected chi connectivity index (χ0v) is 11.7. The lowest BCUT2D eigenvalue weighted by Gasteiger charge is -1.96. The van der Waals surface area contributed by atoms with Gasteiger partial charge in [-0.3, -0.25) is 0 Å². The van der Waals surface area contributed by atoms with Gasteiger partial charge in [-0.25, -0.2) is 0 Å². The molecule has 0 radical (unpaired) electrons. The van der Waals surface area contributed by atoms with Crippen molar-refractivity contribution < 1.29 is 0 Å². The van der Waals surface area contributed by atoms with Gasteiger partial charge in [0.2, 0.25) is 0 Å². The Bertz CT molecular complexity index is 220. The number of hydrogen-bond donors (Lipinski definition) is 0. The van der Waals surface area contributed by atoms with Crippen molar-refractivity contribution in [2.24, 2.45) is 0 Å². The Balaban J connectivity index is 2.25. The van der Waals surface area contributed by atoms with Gasteiger partial charge in [-0.15, -0.1) is 0 Å². The van der Waals surface area contributed by atoms with E-state index in [1.165, 1.54) is 64.2 Å². The summed E-state index contributed by atoms with van der Waals surface area (Å²) >= 11 is 0. The molecule has 0 nitrogen and oxygen atoms in total. The second-order valence-corrected chi connectivity index (χ2v) is 4.99. The summed E-state index contributed by atoms with van der Waals surface area (Å²) in [5.74, 6) is 0. The van der Waals surface area contributed by atoms with Crippen molar-refractivity contribution in [2.75, 3.05) is 0 Å². The molecule has 0 fully saturated rings. The Labute approximate surface area is 113 Å². The molecule has 0 amide bonds. The van der Waals surface area contributed by atoms with Crippen LogP contribution in [0.1, 0.15) is 64.2 Å². The van der Waals surface area contributed by atoms with Gasteiger partial charge in [0, 0.05) is 0 Å². The standard InChI is InChI=1S/C18H28/c1-2-4-6-8-10-12-14-16-18-17-15-13-11-9-7-5-3-1/h1-4,15-18H,5-14H2/b3-1+,4-2+,17-15+,18-16+. The van der Waals surface area contributed by atoms with Gasteiger partial charge in [-0.1, -0.05) is 61.4 Å². The Kier molecular flexibility index (Phi) is 10.4. The summed E-state index contributed by atoms with van der Waals surface area (Å²) in [5.41, 5.74) is 0. The maximum absolute atomic E-state index is 2.30.